The smallest absolute Gasteiger partial charge is 0.326 e. The fourth-order valence-electron chi connectivity index (χ4n) is 1.56. The van der Waals surface area contributed by atoms with Gasteiger partial charge >= 0.3 is 5.97 Å². The van der Waals surface area contributed by atoms with Gasteiger partial charge in [-0.2, -0.15) is 0 Å². The van der Waals surface area contributed by atoms with Crippen LogP contribution in [0, 0.1) is 6.92 Å². The van der Waals surface area contributed by atoms with E-state index in [-0.39, 0.29) is 5.69 Å². The predicted molar refractivity (Wildman–Crippen MR) is 73.7 cm³/mol. The van der Waals surface area contributed by atoms with Gasteiger partial charge in [0.15, 0.2) is 10.8 Å². The van der Waals surface area contributed by atoms with Gasteiger partial charge in [0.1, 0.15) is 17.5 Å². The average molecular weight is 294 g/mol. The summed E-state index contributed by atoms with van der Waals surface area (Å²) in [7, 11) is 1.44. The van der Waals surface area contributed by atoms with Gasteiger partial charge in [0.25, 0.3) is 5.91 Å². The molecule has 0 spiro atoms. The second-order valence-electron chi connectivity index (χ2n) is 4.38. The number of hydrogen-bond donors (Lipinski definition) is 1. The topological polar surface area (TPSA) is 83.6 Å². The molecule has 0 bridgehead atoms. The standard InChI is InChI=1S/C13H14N2O4S/c1-7-4-5-10(19-7)11-14-9(6-20-11)12(16)15(3)8(2)13(17)18/h4-6,8H,1-3H3,(H,17,18). The quantitative estimate of drug-likeness (QED) is 0.935. The summed E-state index contributed by atoms with van der Waals surface area (Å²) in [5, 5.41) is 11.1. The van der Waals surface area contributed by atoms with Crippen LogP contribution in [0.25, 0.3) is 10.8 Å². The van der Waals surface area contributed by atoms with Gasteiger partial charge in [-0.05, 0) is 26.0 Å². The molecule has 1 N–H and O–H groups in total. The summed E-state index contributed by atoms with van der Waals surface area (Å²) < 4.78 is 5.44. The molecule has 20 heavy (non-hydrogen) atoms. The molecule has 106 valence electrons. The number of amides is 1. The van der Waals surface area contributed by atoms with E-state index < -0.39 is 17.9 Å². The molecule has 1 atom stereocenters. The highest BCUT2D eigenvalue weighted by molar-refractivity contribution is 7.13. The van der Waals surface area contributed by atoms with Crippen molar-refractivity contribution in [2.75, 3.05) is 7.05 Å². The van der Waals surface area contributed by atoms with E-state index in [4.69, 9.17) is 9.52 Å². The summed E-state index contributed by atoms with van der Waals surface area (Å²) >= 11 is 1.28. The largest absolute Gasteiger partial charge is 0.480 e. The van der Waals surface area contributed by atoms with E-state index in [1.165, 1.54) is 25.3 Å². The summed E-state index contributed by atoms with van der Waals surface area (Å²) in [5.74, 6) is -0.121. The van der Waals surface area contributed by atoms with Crippen molar-refractivity contribution in [2.24, 2.45) is 0 Å². The van der Waals surface area contributed by atoms with E-state index in [1.807, 2.05) is 13.0 Å². The first-order valence-electron chi connectivity index (χ1n) is 5.92. The molecular weight excluding hydrogens is 280 g/mol. The van der Waals surface area contributed by atoms with Crippen LogP contribution in [-0.4, -0.2) is 40.0 Å². The Balaban J connectivity index is 2.20. The molecule has 0 aliphatic rings. The molecule has 0 aliphatic heterocycles. The first-order chi connectivity index (χ1) is 9.40. The Hall–Kier alpha value is -2.15. The van der Waals surface area contributed by atoms with E-state index >= 15 is 0 Å². The Morgan fingerprint density at radius 2 is 2.15 bits per heavy atom. The second kappa shape index (κ2) is 5.46. The van der Waals surface area contributed by atoms with Gasteiger partial charge < -0.3 is 14.4 Å². The molecule has 2 rings (SSSR count). The van der Waals surface area contributed by atoms with Crippen LogP contribution in [0.1, 0.15) is 23.2 Å². The number of furan rings is 1. The Morgan fingerprint density at radius 1 is 1.45 bits per heavy atom. The number of carbonyl (C=O) groups is 2. The van der Waals surface area contributed by atoms with E-state index in [1.54, 1.807) is 11.4 Å². The maximum atomic E-state index is 12.1. The van der Waals surface area contributed by atoms with Crippen LogP contribution >= 0.6 is 11.3 Å². The molecule has 6 nitrogen and oxygen atoms in total. The van der Waals surface area contributed by atoms with Crippen molar-refractivity contribution in [3.8, 4) is 10.8 Å². The lowest BCUT2D eigenvalue weighted by Crippen LogP contribution is -2.40. The molecule has 1 unspecified atom stereocenters. The fourth-order valence-corrected chi connectivity index (χ4v) is 2.31. The molecular formula is C13H14N2O4S. The number of carboxylic acid groups (broad SMARTS) is 1. The summed E-state index contributed by atoms with van der Waals surface area (Å²) in [4.78, 5) is 28.3. The van der Waals surface area contributed by atoms with Crippen molar-refractivity contribution in [3.05, 3.63) is 29.0 Å². The van der Waals surface area contributed by atoms with E-state index in [0.717, 1.165) is 10.7 Å². The van der Waals surface area contributed by atoms with Crippen molar-refractivity contribution in [1.29, 1.82) is 0 Å². The molecule has 0 radical (unpaired) electrons. The van der Waals surface area contributed by atoms with Gasteiger partial charge in [0.2, 0.25) is 0 Å². The number of carboxylic acids is 1. The van der Waals surface area contributed by atoms with Crippen LogP contribution in [-0.2, 0) is 4.79 Å². The van der Waals surface area contributed by atoms with E-state index in [0.29, 0.717) is 10.8 Å². The summed E-state index contributed by atoms with van der Waals surface area (Å²) in [6.07, 6.45) is 0. The Labute approximate surface area is 119 Å². The van der Waals surface area contributed by atoms with Gasteiger partial charge in [0, 0.05) is 12.4 Å². The molecule has 0 saturated carbocycles. The molecule has 0 fully saturated rings. The fraction of sp³-hybridized carbons (Fsp3) is 0.308. The molecule has 2 aromatic rings. The van der Waals surface area contributed by atoms with Gasteiger partial charge in [-0.3, -0.25) is 4.79 Å². The number of aliphatic carboxylic acids is 1. The van der Waals surface area contributed by atoms with Crippen LogP contribution in [0.15, 0.2) is 21.9 Å². The molecule has 1 amide bonds. The predicted octanol–water partition coefficient (Wildman–Crippen LogP) is 2.26. The maximum Gasteiger partial charge on any atom is 0.326 e. The number of carbonyl (C=O) groups excluding carboxylic acids is 1. The molecule has 2 heterocycles. The van der Waals surface area contributed by atoms with Crippen molar-refractivity contribution in [2.45, 2.75) is 19.9 Å². The Morgan fingerprint density at radius 3 is 2.70 bits per heavy atom. The number of aryl methyl sites for hydroxylation is 1. The summed E-state index contributed by atoms with van der Waals surface area (Å²) in [6.45, 7) is 3.27. The van der Waals surface area contributed by atoms with Gasteiger partial charge in [0.05, 0.1) is 0 Å². The average Bonchev–Trinajstić information content (AvgIpc) is 3.04. The number of aromatic nitrogens is 1. The lowest BCUT2D eigenvalue weighted by Gasteiger charge is -2.20. The van der Waals surface area contributed by atoms with Crippen LogP contribution in [0.2, 0.25) is 0 Å². The highest BCUT2D eigenvalue weighted by Gasteiger charge is 2.24. The zero-order valence-electron chi connectivity index (χ0n) is 11.3. The van der Waals surface area contributed by atoms with Crippen molar-refractivity contribution in [3.63, 3.8) is 0 Å². The SMILES string of the molecule is Cc1ccc(-c2nc(C(=O)N(C)C(C)C(=O)O)cs2)o1. The molecule has 0 saturated heterocycles. The number of likely N-dealkylation sites (N-methyl/N-ethyl adjacent to an activating group) is 1. The highest BCUT2D eigenvalue weighted by Crippen LogP contribution is 2.26. The molecule has 0 aromatic carbocycles. The van der Waals surface area contributed by atoms with Crippen LogP contribution in [0.4, 0.5) is 0 Å². The summed E-state index contributed by atoms with van der Waals surface area (Å²) in [6, 6.07) is 2.70. The highest BCUT2D eigenvalue weighted by atomic mass is 32.1. The number of thiazole rings is 1. The van der Waals surface area contributed by atoms with Crippen LogP contribution in [0.5, 0.6) is 0 Å². The zero-order valence-corrected chi connectivity index (χ0v) is 12.1. The summed E-state index contributed by atoms with van der Waals surface area (Å²) in [5.41, 5.74) is 0.217. The van der Waals surface area contributed by atoms with Crippen molar-refractivity contribution < 1.29 is 19.1 Å². The number of hydrogen-bond acceptors (Lipinski definition) is 5. The number of rotatable bonds is 4. The molecule has 7 heteroatoms. The lowest BCUT2D eigenvalue weighted by molar-refractivity contribution is -0.141. The third kappa shape index (κ3) is 2.72. The maximum absolute atomic E-state index is 12.1. The first-order valence-corrected chi connectivity index (χ1v) is 6.80. The molecule has 2 aromatic heterocycles. The number of nitrogens with zero attached hydrogens (tertiary/aromatic N) is 2. The van der Waals surface area contributed by atoms with Crippen molar-refractivity contribution >= 4 is 23.2 Å². The third-order valence-electron chi connectivity index (χ3n) is 2.93. The van der Waals surface area contributed by atoms with E-state index in [2.05, 4.69) is 4.98 Å². The lowest BCUT2D eigenvalue weighted by atomic mass is 10.3. The van der Waals surface area contributed by atoms with Crippen LogP contribution in [0.3, 0.4) is 0 Å². The third-order valence-corrected chi connectivity index (χ3v) is 3.79. The molecule has 0 aliphatic carbocycles. The van der Waals surface area contributed by atoms with E-state index in [9.17, 15) is 9.59 Å². The van der Waals surface area contributed by atoms with Gasteiger partial charge in [-0.15, -0.1) is 11.3 Å². The van der Waals surface area contributed by atoms with Gasteiger partial charge in [-0.25, -0.2) is 9.78 Å². The minimum atomic E-state index is -1.06. The minimum Gasteiger partial charge on any atom is -0.480 e. The Kier molecular flexibility index (Phi) is 3.89. The van der Waals surface area contributed by atoms with Crippen LogP contribution < -0.4 is 0 Å². The minimum absolute atomic E-state index is 0.217. The van der Waals surface area contributed by atoms with Crippen molar-refractivity contribution in [1.82, 2.24) is 9.88 Å². The second-order valence-corrected chi connectivity index (χ2v) is 5.24. The Bertz CT molecular complexity index is 646. The van der Waals surface area contributed by atoms with Gasteiger partial charge in [-0.1, -0.05) is 0 Å². The monoisotopic (exact) mass is 294 g/mol. The first kappa shape index (κ1) is 14.3. The zero-order chi connectivity index (χ0) is 14.9. The normalized spacial score (nSPS) is 12.2.